The van der Waals surface area contributed by atoms with Crippen LogP contribution in [-0.2, 0) is 11.3 Å². The first-order chi connectivity index (χ1) is 17.0. The quantitative estimate of drug-likeness (QED) is 0.388. The van der Waals surface area contributed by atoms with Gasteiger partial charge in [0.25, 0.3) is 11.8 Å². The number of nitrogens with two attached hydrogens (primary N) is 1. The lowest BCUT2D eigenvalue weighted by molar-refractivity contribution is -0.123. The Morgan fingerprint density at radius 3 is 2.51 bits per heavy atom. The Bertz CT molecular complexity index is 1400. The molecule has 0 radical (unpaired) electrons. The van der Waals surface area contributed by atoms with E-state index in [2.05, 4.69) is 16.5 Å². The number of ether oxygens (including phenoxy) is 2. The van der Waals surface area contributed by atoms with E-state index in [9.17, 15) is 9.59 Å². The van der Waals surface area contributed by atoms with Gasteiger partial charge in [-0.25, -0.2) is 14.6 Å². The van der Waals surface area contributed by atoms with Crippen LogP contribution in [-0.4, -0.2) is 57.2 Å². The summed E-state index contributed by atoms with van der Waals surface area (Å²) in [5.74, 6) is 0.415. The lowest BCUT2D eigenvalue weighted by atomic mass is 10.1. The Morgan fingerprint density at radius 1 is 1.09 bits per heavy atom. The minimum Gasteiger partial charge on any atom is -0.493 e. The van der Waals surface area contributed by atoms with Crippen LogP contribution in [0, 0.1) is 0 Å². The van der Waals surface area contributed by atoms with Crippen LogP contribution in [0.5, 0.6) is 11.5 Å². The first kappa shape index (κ1) is 23.4. The molecule has 2 aromatic heterocycles. The molecular weight excluding hydrogens is 448 g/mol. The van der Waals surface area contributed by atoms with Crippen molar-refractivity contribution in [3.63, 3.8) is 0 Å². The number of fused-ring (bicyclic) bond motifs is 1. The van der Waals surface area contributed by atoms with Gasteiger partial charge in [-0.3, -0.25) is 14.5 Å². The van der Waals surface area contributed by atoms with Crippen LogP contribution in [0.3, 0.4) is 0 Å². The molecule has 2 heterocycles. The Hall–Kier alpha value is -4.73. The van der Waals surface area contributed by atoms with Crippen molar-refractivity contribution < 1.29 is 19.1 Å². The minimum atomic E-state index is -0.510. The first-order valence-corrected chi connectivity index (χ1v) is 10.7. The number of rotatable bonds is 8. The van der Waals surface area contributed by atoms with Gasteiger partial charge in [0.1, 0.15) is 17.8 Å². The number of carbonyl (C=O) groups is 2. The van der Waals surface area contributed by atoms with E-state index < -0.39 is 11.8 Å². The third-order valence-corrected chi connectivity index (χ3v) is 5.46. The molecular formula is C25H24N6O4. The molecule has 2 aromatic carbocycles. The molecule has 0 fully saturated rings. The van der Waals surface area contributed by atoms with Crippen molar-refractivity contribution in [3.8, 4) is 22.8 Å². The van der Waals surface area contributed by atoms with Crippen LogP contribution in [0.25, 0.3) is 22.3 Å². The Balaban J connectivity index is 1.72. The van der Waals surface area contributed by atoms with Gasteiger partial charge in [-0.1, -0.05) is 24.8 Å². The average molecular weight is 473 g/mol. The molecule has 0 atom stereocenters. The summed E-state index contributed by atoms with van der Waals surface area (Å²) in [4.78, 5) is 35.1. The number of nitrogens with zero attached hydrogens (tertiary/aromatic N) is 5. The summed E-state index contributed by atoms with van der Waals surface area (Å²) < 4.78 is 12.3. The molecule has 0 saturated heterocycles. The van der Waals surface area contributed by atoms with Crippen molar-refractivity contribution in [2.75, 3.05) is 26.5 Å². The third kappa shape index (κ3) is 4.54. The number of methoxy groups -OCH3 is 2. The molecule has 0 spiro atoms. The number of benzene rings is 2. The molecule has 0 aliphatic carbocycles. The zero-order valence-electron chi connectivity index (χ0n) is 19.3. The third-order valence-electron chi connectivity index (χ3n) is 5.46. The predicted octanol–water partition coefficient (Wildman–Crippen LogP) is 2.95. The van der Waals surface area contributed by atoms with Crippen LogP contribution in [0.4, 0.5) is 5.82 Å². The maximum absolute atomic E-state index is 13.0. The summed E-state index contributed by atoms with van der Waals surface area (Å²) in [6.45, 7) is 3.75. The fourth-order valence-electron chi connectivity index (χ4n) is 3.73. The summed E-state index contributed by atoms with van der Waals surface area (Å²) in [6.07, 6.45) is 2.45. The number of hydrogen-bond donors (Lipinski definition) is 1. The molecule has 10 heteroatoms. The molecule has 178 valence electrons. The first-order valence-electron chi connectivity index (χ1n) is 10.7. The van der Waals surface area contributed by atoms with E-state index in [0.29, 0.717) is 39.4 Å². The normalized spacial score (nSPS) is 10.7. The number of carbonyl (C=O) groups excluding carboxylic acids is 2. The number of nitrogen functional groups attached to an aromatic ring is 1. The Morgan fingerprint density at radius 2 is 1.83 bits per heavy atom. The SMILES string of the molecule is C=CC(=O)N(CCn1nc(-c2ccc(OC)c(OC)c2)c2c(N)ncnc21)C(=O)c1ccccc1. The molecule has 0 saturated carbocycles. The molecule has 0 bridgehead atoms. The molecule has 2 N–H and O–H groups in total. The number of hydrogen-bond acceptors (Lipinski definition) is 8. The largest absolute Gasteiger partial charge is 0.493 e. The van der Waals surface area contributed by atoms with Crippen LogP contribution in [0.15, 0.2) is 67.5 Å². The highest BCUT2D eigenvalue weighted by Gasteiger charge is 2.23. The number of imide groups is 1. The van der Waals surface area contributed by atoms with Gasteiger partial charge in [0.05, 0.1) is 26.2 Å². The molecule has 0 aliphatic heterocycles. The average Bonchev–Trinajstić information content (AvgIpc) is 3.28. The van der Waals surface area contributed by atoms with Crippen molar-refractivity contribution in [1.29, 1.82) is 0 Å². The van der Waals surface area contributed by atoms with Crippen LogP contribution >= 0.6 is 0 Å². The van der Waals surface area contributed by atoms with E-state index >= 15 is 0 Å². The van der Waals surface area contributed by atoms with E-state index in [1.807, 2.05) is 6.07 Å². The van der Waals surface area contributed by atoms with Crippen molar-refractivity contribution in [1.82, 2.24) is 24.6 Å². The van der Waals surface area contributed by atoms with Gasteiger partial charge in [-0.05, 0) is 36.4 Å². The van der Waals surface area contributed by atoms with Crippen LogP contribution in [0.1, 0.15) is 10.4 Å². The van der Waals surface area contributed by atoms with E-state index in [1.165, 1.54) is 6.33 Å². The lowest BCUT2D eigenvalue weighted by Gasteiger charge is -2.19. The van der Waals surface area contributed by atoms with Gasteiger partial charge >= 0.3 is 0 Å². The summed E-state index contributed by atoms with van der Waals surface area (Å²) in [6, 6.07) is 13.9. The smallest absolute Gasteiger partial charge is 0.260 e. The minimum absolute atomic E-state index is 0.0463. The number of amides is 2. The standard InChI is InChI=1S/C25H24N6O4/c1-4-20(32)30(25(33)16-8-6-5-7-9-16)12-13-31-24-21(23(26)27-15-28-24)22(29-31)17-10-11-18(34-2)19(14-17)35-3/h4-11,14-15H,1,12-13H2,2-3H3,(H2,26,27,28). The van der Waals surface area contributed by atoms with Gasteiger partial charge in [-0.2, -0.15) is 5.10 Å². The molecule has 2 amide bonds. The second-order valence-electron chi connectivity index (χ2n) is 7.46. The van der Waals surface area contributed by atoms with Gasteiger partial charge in [0.2, 0.25) is 0 Å². The van der Waals surface area contributed by atoms with Crippen molar-refractivity contribution >= 4 is 28.7 Å². The van der Waals surface area contributed by atoms with E-state index in [0.717, 1.165) is 11.0 Å². The lowest BCUT2D eigenvalue weighted by Crippen LogP contribution is -2.38. The maximum Gasteiger partial charge on any atom is 0.260 e. The fourth-order valence-corrected chi connectivity index (χ4v) is 3.73. The van der Waals surface area contributed by atoms with E-state index in [1.54, 1.807) is 61.4 Å². The van der Waals surface area contributed by atoms with Crippen molar-refractivity contribution in [2.24, 2.45) is 0 Å². The van der Waals surface area contributed by atoms with E-state index in [-0.39, 0.29) is 18.9 Å². The zero-order chi connectivity index (χ0) is 24.9. The molecule has 0 aliphatic rings. The summed E-state index contributed by atoms with van der Waals surface area (Å²) in [5, 5.41) is 5.25. The predicted molar refractivity (Wildman–Crippen MR) is 131 cm³/mol. The highest BCUT2D eigenvalue weighted by Crippen LogP contribution is 2.35. The molecule has 0 unspecified atom stereocenters. The van der Waals surface area contributed by atoms with Crippen LogP contribution in [0.2, 0.25) is 0 Å². The molecule has 4 aromatic rings. The van der Waals surface area contributed by atoms with Gasteiger partial charge in [-0.15, -0.1) is 0 Å². The molecule has 35 heavy (non-hydrogen) atoms. The zero-order valence-corrected chi connectivity index (χ0v) is 19.3. The highest BCUT2D eigenvalue weighted by molar-refractivity contribution is 6.07. The number of anilines is 1. The fraction of sp³-hybridized carbons (Fsp3) is 0.160. The summed E-state index contributed by atoms with van der Waals surface area (Å²) in [5.41, 5.74) is 8.31. The summed E-state index contributed by atoms with van der Waals surface area (Å²) in [7, 11) is 3.10. The second kappa shape index (κ2) is 10.0. The van der Waals surface area contributed by atoms with E-state index in [4.69, 9.17) is 20.3 Å². The number of aromatic nitrogens is 4. The highest BCUT2D eigenvalue weighted by atomic mass is 16.5. The summed E-state index contributed by atoms with van der Waals surface area (Å²) >= 11 is 0. The van der Waals surface area contributed by atoms with Crippen molar-refractivity contribution in [3.05, 3.63) is 73.1 Å². The molecule has 4 rings (SSSR count). The van der Waals surface area contributed by atoms with Gasteiger partial charge in [0.15, 0.2) is 17.1 Å². The van der Waals surface area contributed by atoms with Crippen LogP contribution < -0.4 is 15.2 Å². The van der Waals surface area contributed by atoms with Gasteiger partial charge in [0, 0.05) is 17.7 Å². The topological polar surface area (TPSA) is 125 Å². The molecule has 10 nitrogen and oxygen atoms in total. The Kier molecular flexibility index (Phi) is 6.72. The van der Waals surface area contributed by atoms with Crippen molar-refractivity contribution in [2.45, 2.75) is 6.54 Å². The Labute approximate surface area is 201 Å². The monoisotopic (exact) mass is 472 g/mol. The van der Waals surface area contributed by atoms with Gasteiger partial charge < -0.3 is 15.2 Å². The second-order valence-corrected chi connectivity index (χ2v) is 7.46. The maximum atomic E-state index is 13.0.